The molecule has 0 saturated carbocycles. The summed E-state index contributed by atoms with van der Waals surface area (Å²) in [4.78, 5) is 17.8. The minimum absolute atomic E-state index is 0.277. The summed E-state index contributed by atoms with van der Waals surface area (Å²) in [7, 11) is 0. The highest BCUT2D eigenvalue weighted by Gasteiger charge is 2.19. The van der Waals surface area contributed by atoms with Crippen molar-refractivity contribution in [3.05, 3.63) is 93.6 Å². The van der Waals surface area contributed by atoms with Crippen LogP contribution in [0.25, 0.3) is 0 Å². The van der Waals surface area contributed by atoms with Gasteiger partial charge in [0.2, 0.25) is 5.95 Å². The molecule has 4 rings (SSSR count). The number of carbonyl (C=O) groups is 1. The molecule has 0 aliphatic rings. The van der Waals surface area contributed by atoms with Gasteiger partial charge in [-0.15, -0.1) is 16.4 Å². The van der Waals surface area contributed by atoms with Gasteiger partial charge in [0, 0.05) is 16.3 Å². The van der Waals surface area contributed by atoms with Crippen molar-refractivity contribution in [3.8, 4) is 0 Å². The zero-order chi connectivity index (χ0) is 23.9. The standard InChI is InChI=1S/C24H22ClN5O2S2/c1-2-32-22(31)20-13-19(12-16-7-4-3-5-8-16)34-21(20)27-24(33)28-23-26-15-30(29-23)14-17-9-6-10-18(25)11-17/h3-11,13,15H,2,12,14H2,1H3,(H2,27,28,29,33). The van der Waals surface area contributed by atoms with Crippen LogP contribution >= 0.6 is 35.2 Å². The molecule has 2 N–H and O–H groups in total. The number of halogens is 1. The average molecular weight is 512 g/mol. The Kier molecular flexibility index (Phi) is 7.89. The molecule has 2 aromatic heterocycles. The quantitative estimate of drug-likeness (QED) is 0.235. The van der Waals surface area contributed by atoms with Gasteiger partial charge in [-0.05, 0) is 48.5 Å². The van der Waals surface area contributed by atoms with Crippen LogP contribution in [0.1, 0.15) is 33.3 Å². The molecule has 0 spiro atoms. The van der Waals surface area contributed by atoms with Crippen molar-refractivity contribution in [1.82, 2.24) is 14.8 Å². The summed E-state index contributed by atoms with van der Waals surface area (Å²) in [6, 6.07) is 19.5. The van der Waals surface area contributed by atoms with Crippen molar-refractivity contribution in [2.45, 2.75) is 19.9 Å². The third kappa shape index (κ3) is 6.40. The molecule has 0 aliphatic heterocycles. The normalized spacial score (nSPS) is 10.6. The average Bonchev–Trinajstić information content (AvgIpc) is 3.41. The van der Waals surface area contributed by atoms with Gasteiger partial charge in [-0.2, -0.15) is 0 Å². The molecule has 0 atom stereocenters. The number of aromatic nitrogens is 3. The van der Waals surface area contributed by atoms with Crippen LogP contribution in [0.4, 0.5) is 10.9 Å². The van der Waals surface area contributed by atoms with Crippen molar-refractivity contribution < 1.29 is 9.53 Å². The molecular formula is C24H22ClN5O2S2. The fourth-order valence-corrected chi connectivity index (χ4v) is 4.82. The third-order valence-corrected chi connectivity index (χ3v) is 6.21. The number of nitrogens with zero attached hydrogens (tertiary/aromatic N) is 3. The zero-order valence-corrected chi connectivity index (χ0v) is 20.7. The van der Waals surface area contributed by atoms with Crippen molar-refractivity contribution >= 4 is 57.2 Å². The largest absolute Gasteiger partial charge is 0.462 e. The highest BCUT2D eigenvalue weighted by molar-refractivity contribution is 7.80. The number of rotatable bonds is 8. The summed E-state index contributed by atoms with van der Waals surface area (Å²) in [5.41, 5.74) is 2.61. The number of ether oxygens (including phenoxy) is 1. The Morgan fingerprint density at radius 1 is 1.12 bits per heavy atom. The molecule has 2 aromatic carbocycles. The first-order valence-corrected chi connectivity index (χ1v) is 12.2. The Morgan fingerprint density at radius 2 is 1.91 bits per heavy atom. The number of nitrogens with one attached hydrogen (secondary N) is 2. The highest BCUT2D eigenvalue weighted by Crippen LogP contribution is 2.31. The maximum atomic E-state index is 12.5. The smallest absolute Gasteiger partial charge is 0.341 e. The predicted octanol–water partition coefficient (Wildman–Crippen LogP) is 5.62. The molecule has 0 fully saturated rings. The second-order valence-corrected chi connectivity index (χ2v) is 9.29. The first kappa shape index (κ1) is 23.9. The van der Waals surface area contributed by atoms with E-state index in [1.165, 1.54) is 11.3 Å². The number of thiophene rings is 1. The van der Waals surface area contributed by atoms with Gasteiger partial charge in [-0.3, -0.25) is 5.32 Å². The van der Waals surface area contributed by atoms with Gasteiger partial charge >= 0.3 is 5.97 Å². The molecule has 34 heavy (non-hydrogen) atoms. The molecule has 0 saturated heterocycles. The Morgan fingerprint density at radius 3 is 2.68 bits per heavy atom. The fraction of sp³-hybridized carbons (Fsp3) is 0.167. The number of thiocarbonyl (C=S) groups is 1. The first-order valence-electron chi connectivity index (χ1n) is 10.6. The lowest BCUT2D eigenvalue weighted by atomic mass is 10.1. The number of esters is 1. The zero-order valence-electron chi connectivity index (χ0n) is 18.3. The Balaban J connectivity index is 1.44. The number of benzene rings is 2. The van der Waals surface area contributed by atoms with E-state index in [-0.39, 0.29) is 5.11 Å². The maximum Gasteiger partial charge on any atom is 0.341 e. The molecule has 174 valence electrons. The van der Waals surface area contributed by atoms with Gasteiger partial charge in [-0.1, -0.05) is 54.1 Å². The van der Waals surface area contributed by atoms with E-state index in [1.54, 1.807) is 17.9 Å². The van der Waals surface area contributed by atoms with Gasteiger partial charge in [0.1, 0.15) is 11.3 Å². The summed E-state index contributed by atoms with van der Waals surface area (Å²) < 4.78 is 6.91. The highest BCUT2D eigenvalue weighted by atomic mass is 35.5. The second-order valence-electron chi connectivity index (χ2n) is 7.31. The molecule has 0 amide bonds. The lowest BCUT2D eigenvalue weighted by Gasteiger charge is -2.08. The van der Waals surface area contributed by atoms with E-state index in [0.29, 0.717) is 41.1 Å². The van der Waals surface area contributed by atoms with Crippen LogP contribution in [0.3, 0.4) is 0 Å². The van der Waals surface area contributed by atoms with E-state index in [4.69, 9.17) is 28.6 Å². The Labute approximate surface area is 211 Å². The van der Waals surface area contributed by atoms with E-state index in [9.17, 15) is 4.79 Å². The van der Waals surface area contributed by atoms with Crippen LogP contribution < -0.4 is 10.6 Å². The van der Waals surface area contributed by atoms with Gasteiger partial charge < -0.3 is 10.1 Å². The van der Waals surface area contributed by atoms with Gasteiger partial charge in [0.15, 0.2) is 5.11 Å². The molecule has 0 radical (unpaired) electrons. The Bertz CT molecular complexity index is 1290. The minimum atomic E-state index is -0.396. The molecule has 4 aromatic rings. The van der Waals surface area contributed by atoms with Crippen LogP contribution in [-0.2, 0) is 17.7 Å². The van der Waals surface area contributed by atoms with Gasteiger partial charge in [0.25, 0.3) is 0 Å². The minimum Gasteiger partial charge on any atom is -0.462 e. The number of carbonyl (C=O) groups excluding carboxylic acids is 1. The van der Waals surface area contributed by atoms with E-state index >= 15 is 0 Å². The molecule has 0 bridgehead atoms. The van der Waals surface area contributed by atoms with Crippen LogP contribution in [0.5, 0.6) is 0 Å². The predicted molar refractivity (Wildman–Crippen MR) is 140 cm³/mol. The lowest BCUT2D eigenvalue weighted by molar-refractivity contribution is 0.0528. The van der Waals surface area contributed by atoms with Crippen LogP contribution in [0, 0.1) is 0 Å². The molecule has 10 heteroatoms. The Hall–Kier alpha value is -3.27. The van der Waals surface area contributed by atoms with Gasteiger partial charge in [0.05, 0.1) is 18.7 Å². The van der Waals surface area contributed by atoms with E-state index in [1.807, 2.05) is 48.5 Å². The maximum absolute atomic E-state index is 12.5. The van der Waals surface area contributed by atoms with Crippen molar-refractivity contribution in [2.24, 2.45) is 0 Å². The third-order valence-electron chi connectivity index (χ3n) is 4.72. The summed E-state index contributed by atoms with van der Waals surface area (Å²) in [5, 5.41) is 12.0. The van der Waals surface area contributed by atoms with Gasteiger partial charge in [-0.25, -0.2) is 14.5 Å². The summed E-state index contributed by atoms with van der Waals surface area (Å²) in [5.74, 6) is -0.0504. The SMILES string of the molecule is CCOC(=O)c1cc(Cc2ccccc2)sc1NC(=S)Nc1ncn(Cc2cccc(Cl)c2)n1. The molecular weight excluding hydrogens is 490 g/mol. The summed E-state index contributed by atoms with van der Waals surface area (Å²) in [6.07, 6.45) is 2.31. The number of hydrogen-bond acceptors (Lipinski definition) is 6. The number of hydrogen-bond donors (Lipinski definition) is 2. The topological polar surface area (TPSA) is 81.1 Å². The molecule has 0 aliphatic carbocycles. The van der Waals surface area contributed by atoms with Crippen molar-refractivity contribution in [3.63, 3.8) is 0 Å². The summed E-state index contributed by atoms with van der Waals surface area (Å²) >= 11 is 13.0. The lowest BCUT2D eigenvalue weighted by Crippen LogP contribution is -2.21. The van der Waals surface area contributed by atoms with E-state index < -0.39 is 5.97 Å². The fourth-order valence-electron chi connectivity index (χ4n) is 3.27. The first-order chi connectivity index (χ1) is 16.5. The molecule has 7 nitrogen and oxygen atoms in total. The van der Waals surface area contributed by atoms with Crippen molar-refractivity contribution in [2.75, 3.05) is 17.2 Å². The van der Waals surface area contributed by atoms with E-state index in [0.717, 1.165) is 16.0 Å². The van der Waals surface area contributed by atoms with Crippen LogP contribution in [0.2, 0.25) is 5.02 Å². The number of anilines is 2. The second kappa shape index (κ2) is 11.2. The van der Waals surface area contributed by atoms with Crippen LogP contribution in [-0.4, -0.2) is 32.5 Å². The van der Waals surface area contributed by atoms with Crippen LogP contribution in [0.15, 0.2) is 67.0 Å². The monoisotopic (exact) mass is 511 g/mol. The van der Waals surface area contributed by atoms with Crippen molar-refractivity contribution in [1.29, 1.82) is 0 Å². The molecule has 0 unspecified atom stereocenters. The molecule has 2 heterocycles. The summed E-state index contributed by atoms with van der Waals surface area (Å²) in [6.45, 7) is 2.59. The van der Waals surface area contributed by atoms with E-state index in [2.05, 4.69) is 32.8 Å².